The van der Waals surface area contributed by atoms with Gasteiger partial charge in [0.2, 0.25) is 0 Å². The normalized spacial score (nSPS) is 11.4. The van der Waals surface area contributed by atoms with Crippen LogP contribution in [0.1, 0.15) is 53.6 Å². The topological polar surface area (TPSA) is 93.1 Å². The number of halogens is 1. The van der Waals surface area contributed by atoms with Gasteiger partial charge in [0.1, 0.15) is 11.5 Å². The Bertz CT molecular complexity index is 1220. The maximum absolute atomic E-state index is 12.6. The molecule has 9 heteroatoms. The highest BCUT2D eigenvalue weighted by Gasteiger charge is 2.21. The van der Waals surface area contributed by atoms with Crippen molar-refractivity contribution in [2.45, 2.75) is 51.5 Å². The minimum atomic E-state index is -3.99. The second-order valence-electron chi connectivity index (χ2n) is 7.99. The van der Waals surface area contributed by atoms with Gasteiger partial charge in [-0.15, -0.1) is 0 Å². The lowest BCUT2D eigenvalue weighted by molar-refractivity contribution is 0.0977. The van der Waals surface area contributed by atoms with E-state index in [0.717, 1.165) is 29.8 Å². The Labute approximate surface area is 200 Å². The van der Waals surface area contributed by atoms with Gasteiger partial charge in [-0.05, 0) is 50.1 Å². The van der Waals surface area contributed by atoms with Crippen molar-refractivity contribution < 1.29 is 13.2 Å². The number of carbonyl (C=O) groups excluding carboxylic acids is 1. The summed E-state index contributed by atoms with van der Waals surface area (Å²) in [6.45, 7) is 7.08. The van der Waals surface area contributed by atoms with Gasteiger partial charge in [-0.2, -0.15) is 0 Å². The predicted molar refractivity (Wildman–Crippen MR) is 131 cm³/mol. The third kappa shape index (κ3) is 6.58. The summed E-state index contributed by atoms with van der Waals surface area (Å²) >= 11 is 6.47. The van der Waals surface area contributed by atoms with E-state index in [1.807, 2.05) is 25.1 Å². The number of aromatic nitrogens is 2. The van der Waals surface area contributed by atoms with Gasteiger partial charge in [0.05, 0.1) is 11.4 Å². The Morgan fingerprint density at radius 3 is 2.48 bits per heavy atom. The number of rotatable bonds is 10. The molecule has 0 unspecified atom stereocenters. The zero-order chi connectivity index (χ0) is 24.0. The average Bonchev–Trinajstić information content (AvgIpc) is 3.13. The molecule has 0 aliphatic heterocycles. The van der Waals surface area contributed by atoms with E-state index in [4.69, 9.17) is 11.6 Å². The van der Waals surface area contributed by atoms with Gasteiger partial charge in [0, 0.05) is 23.5 Å². The molecule has 0 saturated heterocycles. The highest BCUT2D eigenvalue weighted by atomic mass is 35.5. The molecule has 0 aliphatic carbocycles. The first-order valence-electron chi connectivity index (χ1n) is 10.9. The Hall–Kier alpha value is -2.84. The van der Waals surface area contributed by atoms with Crippen molar-refractivity contribution in [3.8, 4) is 0 Å². The maximum Gasteiger partial charge on any atom is 0.285 e. The molecule has 0 bridgehead atoms. The van der Waals surface area contributed by atoms with Crippen molar-refractivity contribution >= 4 is 33.2 Å². The molecule has 2 N–H and O–H groups in total. The lowest BCUT2D eigenvalue weighted by Gasteiger charge is -2.11. The van der Waals surface area contributed by atoms with Crippen LogP contribution in [0.25, 0.3) is 0 Å². The van der Waals surface area contributed by atoms with E-state index in [1.165, 1.54) is 31.2 Å². The maximum atomic E-state index is 12.6. The molecule has 3 aromatic rings. The van der Waals surface area contributed by atoms with Crippen LogP contribution in [0.5, 0.6) is 0 Å². The molecule has 1 aromatic heterocycles. The second kappa shape index (κ2) is 10.9. The van der Waals surface area contributed by atoms with E-state index in [2.05, 4.69) is 21.9 Å². The summed E-state index contributed by atoms with van der Waals surface area (Å²) in [6, 6.07) is 12.1. The number of nitrogens with zero attached hydrogens (tertiary/aromatic N) is 2. The van der Waals surface area contributed by atoms with Gasteiger partial charge in [0.15, 0.2) is 0 Å². The van der Waals surface area contributed by atoms with Crippen LogP contribution in [0.15, 0.2) is 53.6 Å². The summed E-state index contributed by atoms with van der Waals surface area (Å²) in [5, 5.41) is 3.97. The summed E-state index contributed by atoms with van der Waals surface area (Å²) in [5.41, 5.74) is 2.78. The fourth-order valence-electron chi connectivity index (χ4n) is 3.31. The number of hydrogen-bond acceptors (Lipinski definition) is 5. The first-order valence-corrected chi connectivity index (χ1v) is 12.8. The summed E-state index contributed by atoms with van der Waals surface area (Å²) in [4.78, 5) is 16.8. The number of benzene rings is 2. The molecule has 3 rings (SSSR count). The molecule has 7 nitrogen and oxygen atoms in total. The monoisotopic (exact) mass is 488 g/mol. The number of carbonyl (C=O) groups is 1. The fourth-order valence-corrected chi connectivity index (χ4v) is 4.51. The molecular weight excluding hydrogens is 460 g/mol. The van der Waals surface area contributed by atoms with Crippen LogP contribution < -0.4 is 10.0 Å². The van der Waals surface area contributed by atoms with E-state index < -0.39 is 15.9 Å². The van der Waals surface area contributed by atoms with Crippen molar-refractivity contribution in [1.82, 2.24) is 14.3 Å². The van der Waals surface area contributed by atoms with Gasteiger partial charge in [-0.3, -0.25) is 4.79 Å². The summed E-state index contributed by atoms with van der Waals surface area (Å²) in [6.07, 6.45) is 4.99. The summed E-state index contributed by atoms with van der Waals surface area (Å²) in [5.74, 6) is -0.208. The van der Waals surface area contributed by atoms with Crippen LogP contribution in [-0.4, -0.2) is 30.4 Å². The van der Waals surface area contributed by atoms with Gasteiger partial charge in [-0.25, -0.2) is 18.1 Å². The molecule has 33 heavy (non-hydrogen) atoms. The summed E-state index contributed by atoms with van der Waals surface area (Å²) < 4.78 is 28.9. The molecule has 0 atom stereocenters. The lowest BCUT2D eigenvalue weighted by atomic mass is 10.2. The molecule has 1 heterocycles. The van der Waals surface area contributed by atoms with Crippen molar-refractivity contribution in [2.75, 3.05) is 11.9 Å². The molecular formula is C24H29ClN4O3S. The molecule has 176 valence electrons. The van der Waals surface area contributed by atoms with Gasteiger partial charge < -0.3 is 9.88 Å². The van der Waals surface area contributed by atoms with E-state index in [-0.39, 0.29) is 10.6 Å². The number of imidazole rings is 1. The lowest BCUT2D eigenvalue weighted by Crippen LogP contribution is -2.30. The van der Waals surface area contributed by atoms with Crippen LogP contribution in [0.4, 0.5) is 5.69 Å². The first-order chi connectivity index (χ1) is 15.7. The second-order valence-corrected chi connectivity index (χ2v) is 10.1. The standard InChI is InChI=1S/C24H29ClN4O3S/c1-4-5-6-13-26-20-10-9-19(22(25)14-20)15-29-16-23(27-18(29)3)24(30)28-33(31,32)21-11-7-17(2)8-12-21/h7-12,14,16,26H,4-6,13,15H2,1-3H3,(H,28,30). The Kier molecular flexibility index (Phi) is 8.15. The minimum Gasteiger partial charge on any atom is -0.385 e. The van der Waals surface area contributed by atoms with Crippen LogP contribution in [0, 0.1) is 13.8 Å². The Balaban J connectivity index is 1.68. The van der Waals surface area contributed by atoms with Crippen molar-refractivity contribution in [1.29, 1.82) is 0 Å². The predicted octanol–water partition coefficient (Wildman–Crippen LogP) is 4.92. The molecule has 0 saturated carbocycles. The van der Waals surface area contributed by atoms with E-state index in [9.17, 15) is 13.2 Å². The SMILES string of the molecule is CCCCCNc1ccc(Cn2cc(C(=O)NS(=O)(=O)c3ccc(C)cc3)nc2C)c(Cl)c1. The van der Waals surface area contributed by atoms with Crippen molar-refractivity contribution in [2.24, 2.45) is 0 Å². The Morgan fingerprint density at radius 1 is 1.09 bits per heavy atom. The average molecular weight is 489 g/mol. The smallest absolute Gasteiger partial charge is 0.285 e. The number of nitrogens with one attached hydrogen (secondary N) is 2. The molecule has 0 fully saturated rings. The number of hydrogen-bond donors (Lipinski definition) is 2. The molecule has 0 aliphatic rings. The highest BCUT2D eigenvalue weighted by molar-refractivity contribution is 7.90. The zero-order valence-corrected chi connectivity index (χ0v) is 20.6. The highest BCUT2D eigenvalue weighted by Crippen LogP contribution is 2.23. The number of amides is 1. The molecule has 1 amide bonds. The first kappa shape index (κ1) is 24.8. The van der Waals surface area contributed by atoms with Crippen LogP contribution in [0.2, 0.25) is 5.02 Å². The largest absolute Gasteiger partial charge is 0.385 e. The number of aryl methyl sites for hydroxylation is 2. The fraction of sp³-hybridized carbons (Fsp3) is 0.333. The molecule has 2 aromatic carbocycles. The number of unbranched alkanes of at least 4 members (excludes halogenated alkanes) is 2. The van der Waals surface area contributed by atoms with Crippen LogP contribution in [0.3, 0.4) is 0 Å². The van der Waals surface area contributed by atoms with E-state index in [1.54, 1.807) is 23.6 Å². The van der Waals surface area contributed by atoms with E-state index >= 15 is 0 Å². The van der Waals surface area contributed by atoms with Gasteiger partial charge in [-0.1, -0.05) is 55.1 Å². The zero-order valence-electron chi connectivity index (χ0n) is 19.1. The molecule has 0 spiro atoms. The van der Waals surface area contributed by atoms with Crippen LogP contribution >= 0.6 is 11.6 Å². The number of anilines is 1. The van der Waals surface area contributed by atoms with Gasteiger partial charge >= 0.3 is 0 Å². The van der Waals surface area contributed by atoms with Gasteiger partial charge in [0.25, 0.3) is 15.9 Å². The minimum absolute atomic E-state index is 0.0211. The van der Waals surface area contributed by atoms with E-state index in [0.29, 0.717) is 17.4 Å². The number of sulfonamides is 1. The van der Waals surface area contributed by atoms with Crippen molar-refractivity contribution in [3.63, 3.8) is 0 Å². The molecule has 0 radical (unpaired) electrons. The third-order valence-electron chi connectivity index (χ3n) is 5.27. The summed E-state index contributed by atoms with van der Waals surface area (Å²) in [7, 11) is -3.99. The quantitative estimate of drug-likeness (QED) is 0.395. The van der Waals surface area contributed by atoms with Crippen molar-refractivity contribution in [3.05, 3.63) is 76.3 Å². The Morgan fingerprint density at radius 2 is 1.82 bits per heavy atom. The third-order valence-corrected chi connectivity index (χ3v) is 6.97. The van der Waals surface area contributed by atoms with Crippen LogP contribution in [-0.2, 0) is 16.6 Å².